The Bertz CT molecular complexity index is 854. The standard InChI is InChI=1S/C23H27FN2O3/c1-15(2)25(23(29)18-9-11-19(24)12-10-18)13-20-22(17-7-5-4-6-8-17)21(14-27)26(20)16(3)28/h4-12,15,20-22,27H,13-14H2,1-3H3/t20-,21+,22-/m0/s1. The SMILES string of the molecule is CC(=O)N1[C@H](CO)[C@@H](c2ccccc2)[C@@H]1CN(C(=O)c1ccc(F)cc1)C(C)C. The van der Waals surface area contributed by atoms with Crippen molar-refractivity contribution in [3.63, 3.8) is 0 Å². The molecular weight excluding hydrogens is 371 g/mol. The van der Waals surface area contributed by atoms with Crippen molar-refractivity contribution in [2.24, 2.45) is 0 Å². The molecule has 0 aliphatic carbocycles. The van der Waals surface area contributed by atoms with Crippen LogP contribution in [0.15, 0.2) is 54.6 Å². The van der Waals surface area contributed by atoms with Crippen LogP contribution >= 0.6 is 0 Å². The second-order valence-corrected chi connectivity index (χ2v) is 7.74. The summed E-state index contributed by atoms with van der Waals surface area (Å²) in [5.41, 5.74) is 1.44. The van der Waals surface area contributed by atoms with E-state index in [0.717, 1.165) is 5.56 Å². The van der Waals surface area contributed by atoms with E-state index in [4.69, 9.17) is 0 Å². The topological polar surface area (TPSA) is 60.9 Å². The van der Waals surface area contributed by atoms with Crippen molar-refractivity contribution < 1.29 is 19.1 Å². The van der Waals surface area contributed by atoms with E-state index >= 15 is 0 Å². The molecule has 2 aromatic carbocycles. The van der Waals surface area contributed by atoms with E-state index in [1.54, 1.807) is 9.80 Å². The quantitative estimate of drug-likeness (QED) is 0.814. The van der Waals surface area contributed by atoms with Crippen molar-refractivity contribution in [3.8, 4) is 0 Å². The molecule has 2 amide bonds. The first kappa shape index (κ1) is 21.0. The molecule has 0 radical (unpaired) electrons. The lowest BCUT2D eigenvalue weighted by Crippen LogP contribution is -2.68. The number of aliphatic hydroxyl groups excluding tert-OH is 1. The second-order valence-electron chi connectivity index (χ2n) is 7.74. The Morgan fingerprint density at radius 2 is 1.69 bits per heavy atom. The highest BCUT2D eigenvalue weighted by molar-refractivity contribution is 5.94. The third-order valence-electron chi connectivity index (χ3n) is 5.64. The van der Waals surface area contributed by atoms with Crippen molar-refractivity contribution in [2.75, 3.05) is 13.2 Å². The number of rotatable bonds is 6. The summed E-state index contributed by atoms with van der Waals surface area (Å²) in [7, 11) is 0. The van der Waals surface area contributed by atoms with E-state index < -0.39 is 5.82 Å². The maximum Gasteiger partial charge on any atom is 0.254 e. The summed E-state index contributed by atoms with van der Waals surface area (Å²) in [5, 5.41) is 9.90. The van der Waals surface area contributed by atoms with E-state index in [2.05, 4.69) is 0 Å². The van der Waals surface area contributed by atoms with Crippen LogP contribution in [0, 0.1) is 5.82 Å². The molecule has 154 valence electrons. The molecule has 5 nitrogen and oxygen atoms in total. The second kappa shape index (κ2) is 8.74. The lowest BCUT2D eigenvalue weighted by molar-refractivity contribution is -0.149. The van der Waals surface area contributed by atoms with Gasteiger partial charge in [-0.05, 0) is 43.7 Å². The molecule has 0 bridgehead atoms. The normalized spacial score (nSPS) is 21.0. The molecule has 0 saturated carbocycles. The van der Waals surface area contributed by atoms with Gasteiger partial charge in [0.05, 0.1) is 18.7 Å². The van der Waals surface area contributed by atoms with Crippen molar-refractivity contribution in [3.05, 3.63) is 71.5 Å². The fraction of sp³-hybridized carbons (Fsp3) is 0.391. The van der Waals surface area contributed by atoms with Gasteiger partial charge in [-0.3, -0.25) is 9.59 Å². The van der Waals surface area contributed by atoms with Crippen LogP contribution in [0.4, 0.5) is 4.39 Å². The lowest BCUT2D eigenvalue weighted by Gasteiger charge is -2.56. The molecule has 6 heteroatoms. The summed E-state index contributed by atoms with van der Waals surface area (Å²) in [6, 6.07) is 14.6. The summed E-state index contributed by atoms with van der Waals surface area (Å²) < 4.78 is 13.3. The minimum Gasteiger partial charge on any atom is -0.394 e. The first-order valence-corrected chi connectivity index (χ1v) is 9.86. The third-order valence-corrected chi connectivity index (χ3v) is 5.64. The number of aliphatic hydroxyl groups is 1. The summed E-state index contributed by atoms with van der Waals surface area (Å²) in [4.78, 5) is 28.8. The molecule has 1 saturated heterocycles. The molecule has 1 N–H and O–H groups in total. The number of benzene rings is 2. The van der Waals surface area contributed by atoms with Gasteiger partial charge < -0.3 is 14.9 Å². The predicted molar refractivity (Wildman–Crippen MR) is 109 cm³/mol. The number of carbonyl (C=O) groups excluding carboxylic acids is 2. The summed E-state index contributed by atoms with van der Waals surface area (Å²) in [6.07, 6.45) is 0. The van der Waals surface area contributed by atoms with Crippen LogP contribution in [-0.4, -0.2) is 58.0 Å². The smallest absolute Gasteiger partial charge is 0.254 e. The van der Waals surface area contributed by atoms with Gasteiger partial charge in [-0.1, -0.05) is 30.3 Å². The molecule has 2 aromatic rings. The molecule has 3 rings (SSSR count). The maximum absolute atomic E-state index is 13.3. The summed E-state index contributed by atoms with van der Waals surface area (Å²) >= 11 is 0. The van der Waals surface area contributed by atoms with E-state index in [-0.39, 0.29) is 42.5 Å². The first-order valence-electron chi connectivity index (χ1n) is 9.86. The van der Waals surface area contributed by atoms with Crippen LogP contribution < -0.4 is 0 Å². The highest BCUT2D eigenvalue weighted by atomic mass is 19.1. The van der Waals surface area contributed by atoms with Crippen LogP contribution in [0.2, 0.25) is 0 Å². The molecule has 0 spiro atoms. The van der Waals surface area contributed by atoms with E-state index in [9.17, 15) is 19.1 Å². The Labute approximate surface area is 170 Å². The van der Waals surface area contributed by atoms with Crippen LogP contribution in [0.25, 0.3) is 0 Å². The highest BCUT2D eigenvalue weighted by Crippen LogP contribution is 2.41. The van der Waals surface area contributed by atoms with Gasteiger partial charge in [0, 0.05) is 31.0 Å². The van der Waals surface area contributed by atoms with Crippen molar-refractivity contribution in [2.45, 2.75) is 44.8 Å². The van der Waals surface area contributed by atoms with Crippen molar-refractivity contribution >= 4 is 11.8 Å². The fourth-order valence-corrected chi connectivity index (χ4v) is 4.22. The number of likely N-dealkylation sites (tertiary alicyclic amines) is 1. The number of amides is 2. The maximum atomic E-state index is 13.3. The van der Waals surface area contributed by atoms with Crippen molar-refractivity contribution in [1.82, 2.24) is 9.80 Å². The lowest BCUT2D eigenvalue weighted by atomic mass is 9.74. The zero-order chi connectivity index (χ0) is 21.1. The molecular formula is C23H27FN2O3. The van der Waals surface area contributed by atoms with Crippen LogP contribution in [0.3, 0.4) is 0 Å². The van der Waals surface area contributed by atoms with Crippen molar-refractivity contribution in [1.29, 1.82) is 0 Å². The van der Waals surface area contributed by atoms with E-state index in [1.807, 2.05) is 44.2 Å². The van der Waals surface area contributed by atoms with Gasteiger partial charge in [-0.15, -0.1) is 0 Å². The molecule has 0 unspecified atom stereocenters. The minimum absolute atomic E-state index is 0.0626. The average molecular weight is 398 g/mol. The number of nitrogens with zero attached hydrogens (tertiary/aromatic N) is 2. The molecule has 1 aliphatic heterocycles. The van der Waals surface area contributed by atoms with Crippen LogP contribution in [0.5, 0.6) is 0 Å². The third kappa shape index (κ3) is 4.17. The summed E-state index contributed by atoms with van der Waals surface area (Å²) in [6.45, 7) is 5.52. The first-order chi connectivity index (χ1) is 13.8. The molecule has 1 fully saturated rings. The summed E-state index contributed by atoms with van der Waals surface area (Å²) in [5.74, 6) is -0.788. The zero-order valence-electron chi connectivity index (χ0n) is 17.0. The van der Waals surface area contributed by atoms with E-state index in [1.165, 1.54) is 31.2 Å². The van der Waals surface area contributed by atoms with Gasteiger partial charge in [0.15, 0.2) is 0 Å². The van der Waals surface area contributed by atoms with Gasteiger partial charge in [0.25, 0.3) is 5.91 Å². The Hall–Kier alpha value is -2.73. The number of hydrogen-bond acceptors (Lipinski definition) is 3. The van der Waals surface area contributed by atoms with Crippen LogP contribution in [-0.2, 0) is 4.79 Å². The van der Waals surface area contributed by atoms with Gasteiger partial charge in [-0.2, -0.15) is 0 Å². The molecule has 0 aromatic heterocycles. The van der Waals surface area contributed by atoms with Gasteiger partial charge in [0.2, 0.25) is 5.91 Å². The number of carbonyl (C=O) groups is 2. The fourth-order valence-electron chi connectivity index (χ4n) is 4.22. The number of halogens is 1. The van der Waals surface area contributed by atoms with Gasteiger partial charge in [-0.25, -0.2) is 4.39 Å². The average Bonchev–Trinajstić information content (AvgIpc) is 2.68. The van der Waals surface area contributed by atoms with E-state index in [0.29, 0.717) is 12.1 Å². The Morgan fingerprint density at radius 3 is 2.21 bits per heavy atom. The Balaban J connectivity index is 1.90. The highest BCUT2D eigenvalue weighted by Gasteiger charge is 2.51. The Kier molecular flexibility index (Phi) is 6.33. The van der Waals surface area contributed by atoms with Gasteiger partial charge in [0.1, 0.15) is 5.82 Å². The monoisotopic (exact) mass is 398 g/mol. The molecule has 1 heterocycles. The number of hydrogen-bond donors (Lipinski definition) is 1. The minimum atomic E-state index is -0.394. The van der Waals surface area contributed by atoms with Gasteiger partial charge >= 0.3 is 0 Å². The molecule has 3 atom stereocenters. The largest absolute Gasteiger partial charge is 0.394 e. The molecule has 1 aliphatic rings. The zero-order valence-corrected chi connectivity index (χ0v) is 17.0. The van der Waals surface area contributed by atoms with Crippen LogP contribution in [0.1, 0.15) is 42.6 Å². The Morgan fingerprint density at radius 1 is 1.07 bits per heavy atom. The molecule has 29 heavy (non-hydrogen) atoms. The predicted octanol–water partition coefficient (Wildman–Crippen LogP) is 3.05.